The lowest BCUT2D eigenvalue weighted by atomic mass is 9.64. The van der Waals surface area contributed by atoms with Gasteiger partial charge in [-0.05, 0) is 112 Å². The van der Waals surface area contributed by atoms with Crippen molar-refractivity contribution in [3.63, 3.8) is 0 Å². The highest BCUT2D eigenvalue weighted by Gasteiger charge is 2.59. The first-order valence-electron chi connectivity index (χ1n) is 18.3. The van der Waals surface area contributed by atoms with Crippen molar-refractivity contribution in [1.82, 2.24) is 9.88 Å². The minimum Gasteiger partial charge on any atom is -0.457 e. The zero-order valence-corrected chi connectivity index (χ0v) is 31.3. The lowest BCUT2D eigenvalue weighted by Gasteiger charge is -2.52. The molecule has 0 radical (unpaired) electrons. The monoisotopic (exact) mass is 654 g/mol. The Morgan fingerprint density at radius 3 is 2.12 bits per heavy atom. The molecule has 0 unspecified atom stereocenters. The molecule has 3 heterocycles. The molecule has 0 bridgehead atoms. The number of ether oxygens (including phenoxy) is 1. The largest absolute Gasteiger partial charge is 0.457 e. The van der Waals surface area contributed by atoms with Gasteiger partial charge in [-0.2, -0.15) is 0 Å². The van der Waals surface area contributed by atoms with Gasteiger partial charge in [0, 0.05) is 34.8 Å². The zero-order chi connectivity index (χ0) is 34.9. The first-order valence-corrected chi connectivity index (χ1v) is 18.3. The van der Waals surface area contributed by atoms with Gasteiger partial charge in [0.15, 0.2) is 0 Å². The normalized spacial score (nSPS) is 21.6. The van der Waals surface area contributed by atoms with E-state index in [0.717, 1.165) is 45.7 Å². The highest BCUT2D eigenvalue weighted by atomic mass is 16.5. The maximum absolute atomic E-state index is 6.82. The van der Waals surface area contributed by atoms with Crippen LogP contribution >= 0.6 is 0 Å². The number of rotatable bonds is 5. The fourth-order valence-electron chi connectivity index (χ4n) is 8.93. The maximum Gasteiger partial charge on any atom is 0.141 e. The van der Waals surface area contributed by atoms with Gasteiger partial charge in [0.2, 0.25) is 0 Å². The molecule has 5 heteroatoms. The minimum atomic E-state index is -0.257. The summed E-state index contributed by atoms with van der Waals surface area (Å²) in [6.07, 6.45) is 8.24. The molecule has 1 fully saturated rings. The van der Waals surface area contributed by atoms with Crippen LogP contribution in [0.5, 0.6) is 11.5 Å². The molecule has 1 aliphatic carbocycles. The van der Waals surface area contributed by atoms with Crippen LogP contribution in [0.4, 0.5) is 17.2 Å². The van der Waals surface area contributed by atoms with Crippen molar-refractivity contribution in [2.75, 3.05) is 4.90 Å². The molecule has 0 saturated heterocycles. The highest BCUT2D eigenvalue weighted by Crippen LogP contribution is 2.53. The minimum absolute atomic E-state index is 0.0119. The number of amidine groups is 1. The summed E-state index contributed by atoms with van der Waals surface area (Å²) in [5.74, 6) is 3.72. The Labute approximate surface area is 294 Å². The third kappa shape index (κ3) is 5.45. The van der Waals surface area contributed by atoms with Gasteiger partial charge in [-0.1, -0.05) is 78.1 Å². The van der Waals surface area contributed by atoms with Crippen LogP contribution in [0.3, 0.4) is 0 Å². The first kappa shape index (κ1) is 33.4. The number of aryl methyl sites for hydroxylation is 2. The Morgan fingerprint density at radius 2 is 1.41 bits per heavy atom. The van der Waals surface area contributed by atoms with Gasteiger partial charge in [0.1, 0.15) is 23.2 Å². The van der Waals surface area contributed by atoms with E-state index >= 15 is 0 Å². The Kier molecular flexibility index (Phi) is 8.00. The van der Waals surface area contributed by atoms with Gasteiger partial charge in [0.25, 0.3) is 0 Å². The molecular formula is C44H54N4O. The topological polar surface area (TPSA) is 41.0 Å². The second-order valence-corrected chi connectivity index (χ2v) is 17.0. The molecule has 1 saturated carbocycles. The van der Waals surface area contributed by atoms with E-state index < -0.39 is 0 Å². The van der Waals surface area contributed by atoms with Crippen molar-refractivity contribution < 1.29 is 4.74 Å². The SMILES string of the molecule is Cc1cc(Oc2cc(C)cc(N3c4ccccc4C(C)(C)c4cccnc43)c2)cc(C2=N[C@](C)(C(C)(C)C)C(C)(C)N2C2CCCCC2)c1. The van der Waals surface area contributed by atoms with E-state index in [-0.39, 0.29) is 21.9 Å². The third-order valence-corrected chi connectivity index (χ3v) is 12.1. The second kappa shape index (κ2) is 11.7. The van der Waals surface area contributed by atoms with E-state index in [4.69, 9.17) is 14.7 Å². The summed E-state index contributed by atoms with van der Waals surface area (Å²) in [7, 11) is 0. The maximum atomic E-state index is 6.82. The average molecular weight is 655 g/mol. The van der Waals surface area contributed by atoms with Crippen LogP contribution in [0.2, 0.25) is 0 Å². The van der Waals surface area contributed by atoms with Crippen LogP contribution in [-0.2, 0) is 5.41 Å². The summed E-state index contributed by atoms with van der Waals surface area (Å²) in [4.78, 5) is 15.6. The molecule has 0 N–H and O–H groups in total. The van der Waals surface area contributed by atoms with Crippen LogP contribution in [0, 0.1) is 19.3 Å². The Hall–Kier alpha value is -4.12. The second-order valence-electron chi connectivity index (χ2n) is 17.0. The lowest BCUT2D eigenvalue weighted by Crippen LogP contribution is -2.62. The number of nitrogens with zero attached hydrogens (tertiary/aromatic N) is 4. The Morgan fingerprint density at radius 1 is 0.755 bits per heavy atom. The summed E-state index contributed by atoms with van der Waals surface area (Å²) in [6.45, 7) is 23.1. The number of para-hydroxylation sites is 1. The molecule has 3 aromatic carbocycles. The molecule has 256 valence electrons. The number of hydrogen-bond acceptors (Lipinski definition) is 5. The Bertz CT molecular complexity index is 1880. The lowest BCUT2D eigenvalue weighted by molar-refractivity contribution is 0.0331. The number of anilines is 3. The molecule has 0 spiro atoms. The van der Waals surface area contributed by atoms with Crippen LogP contribution < -0.4 is 9.64 Å². The van der Waals surface area contributed by atoms with Crippen molar-refractivity contribution in [3.8, 4) is 11.5 Å². The molecule has 49 heavy (non-hydrogen) atoms. The smallest absolute Gasteiger partial charge is 0.141 e. The summed E-state index contributed by atoms with van der Waals surface area (Å²) >= 11 is 0. The predicted octanol–water partition coefficient (Wildman–Crippen LogP) is 11.6. The number of benzene rings is 3. The van der Waals surface area contributed by atoms with E-state index in [2.05, 4.69) is 146 Å². The number of aliphatic imine (C=N–C) groups is 1. The third-order valence-electron chi connectivity index (χ3n) is 12.1. The van der Waals surface area contributed by atoms with E-state index in [1.54, 1.807) is 0 Å². The predicted molar refractivity (Wildman–Crippen MR) is 204 cm³/mol. The van der Waals surface area contributed by atoms with E-state index in [1.807, 2.05) is 12.3 Å². The molecule has 7 rings (SSSR count). The first-order chi connectivity index (χ1) is 23.1. The average Bonchev–Trinajstić information content (AvgIpc) is 3.27. The summed E-state index contributed by atoms with van der Waals surface area (Å²) in [5.41, 5.74) is 7.56. The van der Waals surface area contributed by atoms with Gasteiger partial charge in [-0.25, -0.2) is 4.98 Å². The van der Waals surface area contributed by atoms with Crippen molar-refractivity contribution in [2.24, 2.45) is 10.4 Å². The van der Waals surface area contributed by atoms with Gasteiger partial charge in [0.05, 0.1) is 22.5 Å². The van der Waals surface area contributed by atoms with E-state index in [1.165, 1.54) is 48.8 Å². The van der Waals surface area contributed by atoms with Crippen molar-refractivity contribution in [3.05, 3.63) is 107 Å². The summed E-state index contributed by atoms with van der Waals surface area (Å²) in [6, 6.07) is 26.6. The van der Waals surface area contributed by atoms with Crippen molar-refractivity contribution >= 4 is 23.0 Å². The van der Waals surface area contributed by atoms with Gasteiger partial charge in [-0.15, -0.1) is 0 Å². The van der Waals surface area contributed by atoms with E-state index in [9.17, 15) is 0 Å². The van der Waals surface area contributed by atoms with Crippen LogP contribution in [-0.4, -0.2) is 32.8 Å². The number of aromatic nitrogens is 1. The molecule has 0 amide bonds. The fraction of sp³-hybridized carbons (Fsp3) is 0.455. The molecule has 5 nitrogen and oxygen atoms in total. The summed E-state index contributed by atoms with van der Waals surface area (Å²) < 4.78 is 6.82. The fourth-order valence-corrected chi connectivity index (χ4v) is 8.93. The summed E-state index contributed by atoms with van der Waals surface area (Å²) in [5, 5.41) is 0. The molecular weight excluding hydrogens is 601 g/mol. The van der Waals surface area contributed by atoms with Crippen LogP contribution in [0.1, 0.15) is 115 Å². The molecule has 3 aliphatic rings. The molecule has 2 aliphatic heterocycles. The zero-order valence-electron chi connectivity index (χ0n) is 31.3. The Balaban J connectivity index is 1.29. The van der Waals surface area contributed by atoms with Gasteiger partial charge in [-0.3, -0.25) is 9.89 Å². The van der Waals surface area contributed by atoms with Gasteiger partial charge < -0.3 is 9.64 Å². The number of pyridine rings is 1. The van der Waals surface area contributed by atoms with Crippen LogP contribution in [0.15, 0.2) is 84.0 Å². The van der Waals surface area contributed by atoms with E-state index in [0.29, 0.717) is 6.04 Å². The van der Waals surface area contributed by atoms with Gasteiger partial charge >= 0.3 is 0 Å². The van der Waals surface area contributed by atoms with Crippen LogP contribution in [0.25, 0.3) is 0 Å². The standard InChI is InChI=1S/C44H54N4O/c1-29-23-31(39-46-44(10,41(3,4)5)43(8,9)48(39)32-17-12-11-13-18-32)27-34(25-29)49-35-26-30(2)24-33(28-35)47-38-21-15-14-19-36(38)42(6,7)37-20-16-22-45-40(37)47/h14-16,19-28,32H,11-13,17-18H2,1-10H3/t44-/m1/s1. The van der Waals surface area contributed by atoms with Crippen molar-refractivity contribution in [1.29, 1.82) is 0 Å². The number of hydrogen-bond donors (Lipinski definition) is 0. The number of fused-ring (bicyclic) bond motifs is 2. The molecule has 4 aromatic rings. The molecule has 1 atom stereocenters. The highest BCUT2D eigenvalue weighted by molar-refractivity contribution is 6.02. The molecule has 1 aromatic heterocycles. The quantitative estimate of drug-likeness (QED) is 0.215. The van der Waals surface area contributed by atoms with Crippen molar-refractivity contribution in [2.45, 2.75) is 124 Å².